The summed E-state index contributed by atoms with van der Waals surface area (Å²) < 4.78 is 16.4. The first kappa shape index (κ1) is 18.6. The van der Waals surface area contributed by atoms with Gasteiger partial charge in [-0.1, -0.05) is 60.7 Å². The highest BCUT2D eigenvalue weighted by Gasteiger charge is 2.47. The first-order valence-corrected chi connectivity index (χ1v) is 8.78. The average molecular weight is 355 g/mol. The smallest absolute Gasteiger partial charge is 0.323 e. The minimum Gasteiger partial charge on any atom is -0.460 e. The van der Waals surface area contributed by atoms with Crippen LogP contribution in [0, 0.1) is 0 Å². The number of methoxy groups -OCH3 is 2. The van der Waals surface area contributed by atoms with Crippen LogP contribution >= 0.6 is 0 Å². The van der Waals surface area contributed by atoms with Gasteiger partial charge in [0.25, 0.3) is 0 Å². The molecule has 0 unspecified atom stereocenters. The molecule has 2 atom stereocenters. The van der Waals surface area contributed by atoms with Crippen molar-refractivity contribution >= 4 is 5.97 Å². The quantitative estimate of drug-likeness (QED) is 0.538. The highest BCUT2D eigenvalue weighted by atomic mass is 16.7. The highest BCUT2D eigenvalue weighted by Crippen LogP contribution is 2.32. The van der Waals surface area contributed by atoms with Crippen molar-refractivity contribution in [3.05, 3.63) is 71.8 Å². The predicted molar refractivity (Wildman–Crippen MR) is 98.2 cm³/mol. The van der Waals surface area contributed by atoms with Crippen molar-refractivity contribution in [1.82, 2.24) is 4.90 Å². The summed E-state index contributed by atoms with van der Waals surface area (Å²) in [7, 11) is 3.24. The van der Waals surface area contributed by atoms with Gasteiger partial charge >= 0.3 is 5.97 Å². The van der Waals surface area contributed by atoms with E-state index in [1.807, 2.05) is 48.5 Å². The van der Waals surface area contributed by atoms with Crippen LogP contribution in [0.5, 0.6) is 0 Å². The van der Waals surface area contributed by atoms with Gasteiger partial charge in [0.2, 0.25) is 0 Å². The summed E-state index contributed by atoms with van der Waals surface area (Å²) in [6.07, 6.45) is 0.296. The number of likely N-dealkylation sites (tertiary alicyclic amines) is 1. The summed E-state index contributed by atoms with van der Waals surface area (Å²) in [4.78, 5) is 14.7. The SMILES string of the molecule is COC(OC)[C@H]1C[C@@H](C(=O)OCc2ccccc2)N1Cc1ccccc1. The van der Waals surface area contributed by atoms with Gasteiger partial charge in [-0.2, -0.15) is 0 Å². The average Bonchev–Trinajstić information content (AvgIpc) is 2.69. The summed E-state index contributed by atoms with van der Waals surface area (Å²) in [6.45, 7) is 0.942. The lowest BCUT2D eigenvalue weighted by Gasteiger charge is -2.49. The molecule has 0 aromatic heterocycles. The van der Waals surface area contributed by atoms with Crippen molar-refractivity contribution in [1.29, 1.82) is 0 Å². The molecule has 1 fully saturated rings. The molecule has 1 saturated heterocycles. The second kappa shape index (κ2) is 8.94. The van der Waals surface area contributed by atoms with Crippen molar-refractivity contribution in [2.24, 2.45) is 0 Å². The largest absolute Gasteiger partial charge is 0.460 e. The fraction of sp³-hybridized carbons (Fsp3) is 0.381. The van der Waals surface area contributed by atoms with Crippen LogP contribution in [0.1, 0.15) is 17.5 Å². The maximum Gasteiger partial charge on any atom is 0.323 e. The number of carbonyl (C=O) groups excluding carboxylic acids is 1. The molecule has 1 heterocycles. The lowest BCUT2D eigenvalue weighted by Crippen LogP contribution is -2.63. The van der Waals surface area contributed by atoms with Gasteiger partial charge in [0.05, 0.1) is 6.04 Å². The van der Waals surface area contributed by atoms with E-state index in [1.165, 1.54) is 0 Å². The Kier molecular flexibility index (Phi) is 6.39. The van der Waals surface area contributed by atoms with E-state index in [0.717, 1.165) is 11.1 Å². The molecule has 1 aliphatic heterocycles. The van der Waals surface area contributed by atoms with Gasteiger partial charge in [-0.3, -0.25) is 9.69 Å². The van der Waals surface area contributed by atoms with Gasteiger partial charge in [0, 0.05) is 20.8 Å². The minimum atomic E-state index is -0.364. The second-order valence-electron chi connectivity index (χ2n) is 6.41. The van der Waals surface area contributed by atoms with E-state index in [1.54, 1.807) is 14.2 Å². The van der Waals surface area contributed by atoms with Crippen LogP contribution in [-0.2, 0) is 32.2 Å². The summed E-state index contributed by atoms with van der Waals surface area (Å²) in [6, 6.07) is 19.5. The topological polar surface area (TPSA) is 48.0 Å². The van der Waals surface area contributed by atoms with E-state index in [9.17, 15) is 4.79 Å². The number of rotatable bonds is 8. The van der Waals surface area contributed by atoms with Crippen molar-refractivity contribution in [3.8, 4) is 0 Å². The Balaban J connectivity index is 1.65. The zero-order valence-electron chi connectivity index (χ0n) is 15.2. The first-order chi connectivity index (χ1) is 12.7. The number of carbonyl (C=O) groups is 1. The number of esters is 1. The zero-order valence-corrected chi connectivity index (χ0v) is 15.2. The normalized spacial score (nSPS) is 20.0. The van der Waals surface area contributed by atoms with Crippen molar-refractivity contribution in [2.75, 3.05) is 14.2 Å². The van der Waals surface area contributed by atoms with Crippen LogP contribution in [0.25, 0.3) is 0 Å². The third-order valence-electron chi connectivity index (χ3n) is 4.77. The summed E-state index contributed by atoms with van der Waals surface area (Å²) >= 11 is 0. The summed E-state index contributed by atoms with van der Waals surface area (Å²) in [5.41, 5.74) is 2.13. The Labute approximate surface area is 154 Å². The highest BCUT2D eigenvalue weighted by molar-refractivity contribution is 5.77. The molecule has 2 aromatic carbocycles. The molecule has 2 aromatic rings. The number of nitrogens with zero attached hydrogens (tertiary/aromatic N) is 1. The number of ether oxygens (including phenoxy) is 3. The van der Waals surface area contributed by atoms with Gasteiger partial charge < -0.3 is 14.2 Å². The molecule has 0 aliphatic carbocycles. The molecular weight excluding hydrogens is 330 g/mol. The van der Waals surface area contributed by atoms with Crippen molar-refractivity contribution < 1.29 is 19.0 Å². The molecule has 0 bridgehead atoms. The Hall–Kier alpha value is -2.21. The molecule has 3 rings (SSSR count). The third kappa shape index (κ3) is 4.30. The number of benzene rings is 2. The Morgan fingerprint density at radius 2 is 1.58 bits per heavy atom. The fourth-order valence-corrected chi connectivity index (χ4v) is 3.35. The van der Waals surface area contributed by atoms with Crippen LogP contribution in [0.3, 0.4) is 0 Å². The Morgan fingerprint density at radius 3 is 2.15 bits per heavy atom. The zero-order chi connectivity index (χ0) is 18.4. The van der Waals surface area contributed by atoms with Crippen molar-refractivity contribution in [3.63, 3.8) is 0 Å². The van der Waals surface area contributed by atoms with Gasteiger partial charge in [-0.25, -0.2) is 0 Å². The summed E-state index contributed by atoms with van der Waals surface area (Å²) in [5, 5.41) is 0. The molecule has 0 saturated carbocycles. The molecule has 1 aliphatic rings. The van der Waals surface area contributed by atoms with Crippen LogP contribution in [0.4, 0.5) is 0 Å². The van der Waals surface area contributed by atoms with Gasteiger partial charge in [-0.15, -0.1) is 0 Å². The monoisotopic (exact) mass is 355 g/mol. The lowest BCUT2D eigenvalue weighted by atomic mass is 9.91. The fourth-order valence-electron chi connectivity index (χ4n) is 3.35. The van der Waals surface area contributed by atoms with E-state index in [0.29, 0.717) is 13.0 Å². The number of hydrogen-bond donors (Lipinski definition) is 0. The first-order valence-electron chi connectivity index (χ1n) is 8.78. The molecule has 0 amide bonds. The lowest BCUT2D eigenvalue weighted by molar-refractivity contribution is -0.201. The van der Waals surface area contributed by atoms with E-state index in [-0.39, 0.29) is 30.9 Å². The molecule has 26 heavy (non-hydrogen) atoms. The van der Waals surface area contributed by atoms with Gasteiger partial charge in [-0.05, 0) is 17.5 Å². The Bertz CT molecular complexity index is 688. The predicted octanol–water partition coefficient (Wildman–Crippen LogP) is 2.99. The minimum absolute atomic E-state index is 0.0273. The third-order valence-corrected chi connectivity index (χ3v) is 4.77. The molecular formula is C21H25NO4. The van der Waals surface area contributed by atoms with Crippen LogP contribution in [-0.4, -0.2) is 43.5 Å². The van der Waals surface area contributed by atoms with E-state index in [2.05, 4.69) is 17.0 Å². The van der Waals surface area contributed by atoms with E-state index < -0.39 is 0 Å². The maximum atomic E-state index is 12.6. The summed E-state index contributed by atoms with van der Waals surface area (Å²) in [5.74, 6) is -0.202. The van der Waals surface area contributed by atoms with E-state index >= 15 is 0 Å². The standard InChI is InChI=1S/C21H25NO4/c1-24-21(25-2)19-13-18(22(19)14-16-9-5-3-6-10-16)20(23)26-15-17-11-7-4-8-12-17/h3-12,18-19,21H,13-15H2,1-2H3/t18-,19+/m0/s1. The molecule has 0 N–H and O–H groups in total. The Morgan fingerprint density at radius 1 is 1.00 bits per heavy atom. The molecule has 138 valence electrons. The number of hydrogen-bond acceptors (Lipinski definition) is 5. The van der Waals surface area contributed by atoms with Crippen LogP contribution in [0.15, 0.2) is 60.7 Å². The molecule has 5 nitrogen and oxygen atoms in total. The van der Waals surface area contributed by atoms with Crippen LogP contribution < -0.4 is 0 Å². The van der Waals surface area contributed by atoms with Gasteiger partial charge in [0.15, 0.2) is 6.29 Å². The maximum absolute atomic E-state index is 12.6. The van der Waals surface area contributed by atoms with Crippen LogP contribution in [0.2, 0.25) is 0 Å². The molecule has 0 radical (unpaired) electrons. The second-order valence-corrected chi connectivity index (χ2v) is 6.41. The molecule has 5 heteroatoms. The molecule has 0 spiro atoms. The van der Waals surface area contributed by atoms with Gasteiger partial charge in [0.1, 0.15) is 12.6 Å². The van der Waals surface area contributed by atoms with E-state index in [4.69, 9.17) is 14.2 Å². The van der Waals surface area contributed by atoms with Crippen molar-refractivity contribution in [2.45, 2.75) is 37.9 Å².